The number of carboxylic acid groups (broad SMARTS) is 1. The molecule has 7 nitrogen and oxygen atoms in total. The quantitative estimate of drug-likeness (QED) is 0.516. The van der Waals surface area contributed by atoms with Gasteiger partial charge in [0.05, 0.1) is 16.8 Å². The van der Waals surface area contributed by atoms with E-state index < -0.39 is 10.9 Å². The Balaban J connectivity index is 2.11. The third-order valence-electron chi connectivity index (χ3n) is 2.72. The van der Waals surface area contributed by atoms with Gasteiger partial charge in [-0.15, -0.1) is 11.8 Å². The molecule has 2 rings (SSSR count). The molecule has 20 heavy (non-hydrogen) atoms. The summed E-state index contributed by atoms with van der Waals surface area (Å²) >= 11 is 1.40. The van der Waals surface area contributed by atoms with Crippen molar-refractivity contribution in [3.8, 4) is 0 Å². The topological polar surface area (TPSA) is 98.3 Å². The largest absolute Gasteiger partial charge is 0.478 e. The molecule has 0 radical (unpaired) electrons. The van der Waals surface area contributed by atoms with Gasteiger partial charge in [0.2, 0.25) is 0 Å². The van der Waals surface area contributed by atoms with Gasteiger partial charge in [-0.05, 0) is 12.1 Å². The van der Waals surface area contributed by atoms with Gasteiger partial charge < -0.3 is 5.11 Å². The van der Waals surface area contributed by atoms with Gasteiger partial charge in [-0.1, -0.05) is 0 Å². The van der Waals surface area contributed by atoms with E-state index in [1.165, 1.54) is 34.8 Å². The van der Waals surface area contributed by atoms with Gasteiger partial charge in [-0.25, -0.2) is 4.79 Å². The number of nitrogens with zero attached hydrogens (tertiary/aromatic N) is 3. The summed E-state index contributed by atoms with van der Waals surface area (Å²) in [5.41, 5.74) is 0.795. The highest BCUT2D eigenvalue weighted by Crippen LogP contribution is 2.26. The van der Waals surface area contributed by atoms with Gasteiger partial charge in [0.1, 0.15) is 5.56 Å². The summed E-state index contributed by atoms with van der Waals surface area (Å²) in [6, 6.07) is 6.12. The highest BCUT2D eigenvalue weighted by atomic mass is 32.2. The molecule has 1 N–H and O–H groups in total. The predicted octanol–water partition coefficient (Wildman–Crippen LogP) is 2.32. The van der Waals surface area contributed by atoms with Crippen LogP contribution in [0.2, 0.25) is 0 Å². The number of rotatable bonds is 5. The zero-order chi connectivity index (χ0) is 14.7. The molecule has 0 saturated carbocycles. The number of carbonyl (C=O) groups is 1. The van der Waals surface area contributed by atoms with Crippen molar-refractivity contribution in [3.05, 3.63) is 51.8 Å². The summed E-state index contributed by atoms with van der Waals surface area (Å²) in [7, 11) is 1.68. The van der Waals surface area contributed by atoms with Crippen LogP contribution in [0, 0.1) is 10.1 Å². The predicted molar refractivity (Wildman–Crippen MR) is 72.8 cm³/mol. The van der Waals surface area contributed by atoms with Crippen LogP contribution < -0.4 is 0 Å². The molecule has 8 heteroatoms. The molecule has 0 bridgehead atoms. The number of carboxylic acids is 1. The highest BCUT2D eigenvalue weighted by molar-refractivity contribution is 7.98. The Labute approximate surface area is 118 Å². The zero-order valence-corrected chi connectivity index (χ0v) is 11.3. The minimum absolute atomic E-state index is 0.0288. The van der Waals surface area contributed by atoms with Crippen LogP contribution in [0.15, 0.2) is 35.4 Å². The maximum absolute atomic E-state index is 11.0. The van der Waals surface area contributed by atoms with E-state index in [4.69, 9.17) is 5.11 Å². The Bertz CT molecular complexity index is 651. The lowest BCUT2D eigenvalue weighted by atomic mass is 10.3. The summed E-state index contributed by atoms with van der Waals surface area (Å²) < 4.78 is 1.52. The number of aromatic nitrogens is 2. The number of benzene rings is 1. The van der Waals surface area contributed by atoms with Crippen molar-refractivity contribution in [1.29, 1.82) is 0 Å². The summed E-state index contributed by atoms with van der Waals surface area (Å²) in [5.74, 6) is -0.590. The number of nitro benzene ring substituents is 1. The molecule has 0 saturated heterocycles. The molecule has 0 amide bonds. The van der Waals surface area contributed by atoms with Gasteiger partial charge in [-0.3, -0.25) is 14.8 Å². The van der Waals surface area contributed by atoms with Crippen LogP contribution in [0.4, 0.5) is 5.69 Å². The Hall–Kier alpha value is -2.35. The van der Waals surface area contributed by atoms with Gasteiger partial charge in [0.25, 0.3) is 5.69 Å². The van der Waals surface area contributed by atoms with Crippen LogP contribution in [0.3, 0.4) is 0 Å². The third kappa shape index (κ3) is 2.97. The molecular formula is C12H11N3O4S. The van der Waals surface area contributed by atoms with Gasteiger partial charge in [0, 0.05) is 29.8 Å². The number of thioether (sulfide) groups is 1. The van der Waals surface area contributed by atoms with E-state index >= 15 is 0 Å². The molecule has 0 aliphatic carbocycles. The van der Waals surface area contributed by atoms with Crippen molar-refractivity contribution in [2.45, 2.75) is 10.6 Å². The van der Waals surface area contributed by atoms with Gasteiger partial charge in [0.15, 0.2) is 0 Å². The molecule has 0 unspecified atom stereocenters. The average molecular weight is 293 g/mol. The summed E-state index contributed by atoms with van der Waals surface area (Å²) in [5, 5.41) is 23.5. The fourth-order valence-electron chi connectivity index (χ4n) is 1.63. The fourth-order valence-corrected chi connectivity index (χ4v) is 2.60. The van der Waals surface area contributed by atoms with E-state index in [0.29, 0.717) is 11.4 Å². The minimum Gasteiger partial charge on any atom is -0.478 e. The SMILES string of the molecule is Cn1ncc(C(=O)O)c1CSc1ccc([N+](=O)[O-])cc1. The number of nitro groups is 1. The molecule has 1 aromatic carbocycles. The Kier molecular flexibility index (Phi) is 4.04. The van der Waals surface area contributed by atoms with Crippen LogP contribution in [-0.4, -0.2) is 25.8 Å². The molecule has 2 aromatic rings. The lowest BCUT2D eigenvalue weighted by Crippen LogP contribution is -2.03. The standard InChI is InChI=1S/C12H11N3O4S/c1-14-11(10(6-13-14)12(16)17)7-20-9-4-2-8(3-5-9)15(18)19/h2-6H,7H2,1H3,(H,16,17). The zero-order valence-electron chi connectivity index (χ0n) is 10.5. The van der Waals surface area contributed by atoms with Crippen molar-refractivity contribution in [3.63, 3.8) is 0 Å². The molecule has 1 heterocycles. The average Bonchev–Trinajstić information content (AvgIpc) is 2.78. The van der Waals surface area contributed by atoms with Crippen molar-refractivity contribution < 1.29 is 14.8 Å². The Morgan fingerprint density at radius 2 is 2.10 bits per heavy atom. The summed E-state index contributed by atoms with van der Waals surface area (Å²) in [4.78, 5) is 21.9. The van der Waals surface area contributed by atoms with Crippen LogP contribution >= 0.6 is 11.8 Å². The molecule has 0 aliphatic heterocycles. The number of hydrogen-bond acceptors (Lipinski definition) is 5. The van der Waals surface area contributed by atoms with E-state index in [-0.39, 0.29) is 11.3 Å². The van der Waals surface area contributed by atoms with Crippen LogP contribution in [-0.2, 0) is 12.8 Å². The summed E-state index contributed by atoms with van der Waals surface area (Å²) in [6.45, 7) is 0. The first-order chi connectivity index (χ1) is 9.49. The molecule has 0 fully saturated rings. The Morgan fingerprint density at radius 3 is 2.65 bits per heavy atom. The van der Waals surface area contributed by atoms with E-state index in [2.05, 4.69) is 5.10 Å². The second kappa shape index (κ2) is 5.74. The first-order valence-electron chi connectivity index (χ1n) is 5.60. The van der Waals surface area contributed by atoms with Crippen molar-refractivity contribution in [2.75, 3.05) is 0 Å². The molecular weight excluding hydrogens is 282 g/mol. The molecule has 104 valence electrons. The minimum atomic E-state index is -1.02. The third-order valence-corrected chi connectivity index (χ3v) is 3.74. The molecule has 0 spiro atoms. The van der Waals surface area contributed by atoms with E-state index in [9.17, 15) is 14.9 Å². The first-order valence-corrected chi connectivity index (χ1v) is 6.59. The number of hydrogen-bond donors (Lipinski definition) is 1. The Morgan fingerprint density at radius 1 is 1.45 bits per heavy atom. The molecule has 0 atom stereocenters. The van der Waals surface area contributed by atoms with E-state index in [1.54, 1.807) is 19.2 Å². The normalized spacial score (nSPS) is 10.4. The second-order valence-corrected chi connectivity index (χ2v) is 5.02. The number of aromatic carboxylic acids is 1. The smallest absolute Gasteiger partial charge is 0.339 e. The summed E-state index contributed by atoms with van der Waals surface area (Å²) in [6.07, 6.45) is 1.31. The molecule has 0 aliphatic rings. The van der Waals surface area contributed by atoms with Gasteiger partial charge in [-0.2, -0.15) is 5.10 Å². The van der Waals surface area contributed by atoms with E-state index in [0.717, 1.165) is 4.90 Å². The maximum Gasteiger partial charge on any atom is 0.339 e. The van der Waals surface area contributed by atoms with Crippen LogP contribution in [0.25, 0.3) is 0 Å². The lowest BCUT2D eigenvalue weighted by Gasteiger charge is -2.04. The van der Waals surface area contributed by atoms with Crippen molar-refractivity contribution in [1.82, 2.24) is 9.78 Å². The van der Waals surface area contributed by atoms with E-state index in [1.807, 2.05) is 0 Å². The molecule has 1 aromatic heterocycles. The lowest BCUT2D eigenvalue weighted by molar-refractivity contribution is -0.384. The fraction of sp³-hybridized carbons (Fsp3) is 0.167. The van der Waals surface area contributed by atoms with Crippen LogP contribution in [0.5, 0.6) is 0 Å². The number of non-ortho nitro benzene ring substituents is 1. The van der Waals surface area contributed by atoms with Crippen molar-refractivity contribution >= 4 is 23.4 Å². The van der Waals surface area contributed by atoms with Gasteiger partial charge >= 0.3 is 5.97 Å². The first kappa shape index (κ1) is 14.1. The highest BCUT2D eigenvalue weighted by Gasteiger charge is 2.15. The van der Waals surface area contributed by atoms with Crippen LogP contribution in [0.1, 0.15) is 16.1 Å². The maximum atomic E-state index is 11.0. The monoisotopic (exact) mass is 293 g/mol. The number of aryl methyl sites for hydroxylation is 1. The second-order valence-electron chi connectivity index (χ2n) is 3.97. The van der Waals surface area contributed by atoms with Crippen molar-refractivity contribution in [2.24, 2.45) is 7.05 Å².